The summed E-state index contributed by atoms with van der Waals surface area (Å²) in [5.41, 5.74) is 1.96. The molecule has 0 fully saturated rings. The van der Waals surface area contributed by atoms with E-state index in [9.17, 15) is 4.39 Å². The smallest absolute Gasteiger partial charge is 0.109 e. The molecule has 2 aromatic rings. The molecule has 6 heteroatoms. The van der Waals surface area contributed by atoms with Crippen LogP contribution in [0.2, 0.25) is 0 Å². The Morgan fingerprint density at radius 2 is 2.30 bits per heavy atom. The molecule has 0 aromatic carbocycles. The largest absolute Gasteiger partial charge is 0.374 e. The average Bonchev–Trinajstić information content (AvgIpc) is 3.05. The minimum Gasteiger partial charge on any atom is -0.374 e. The lowest BCUT2D eigenvalue weighted by Crippen LogP contribution is -2.09. The highest BCUT2D eigenvalue weighted by Crippen LogP contribution is 2.21. The van der Waals surface area contributed by atoms with Crippen LogP contribution in [-0.4, -0.2) is 26.0 Å². The molecule has 1 aliphatic rings. The van der Waals surface area contributed by atoms with E-state index in [0.717, 1.165) is 24.3 Å². The number of nitrogens with one attached hydrogen (secondary N) is 1. The van der Waals surface area contributed by atoms with E-state index < -0.39 is 6.67 Å². The Bertz CT molecular complexity index is 550. The third kappa shape index (κ3) is 2.69. The molecule has 0 aliphatic carbocycles. The van der Waals surface area contributed by atoms with Crippen molar-refractivity contribution in [3.63, 3.8) is 0 Å². The maximum atomic E-state index is 12.3. The zero-order valence-electron chi connectivity index (χ0n) is 11.7. The van der Waals surface area contributed by atoms with Crippen LogP contribution in [0.4, 0.5) is 10.1 Å². The molecule has 108 valence electrons. The van der Waals surface area contributed by atoms with E-state index in [2.05, 4.69) is 28.1 Å². The topological polar surface area (TPSA) is 47.7 Å². The van der Waals surface area contributed by atoms with Gasteiger partial charge in [0.2, 0.25) is 0 Å². The SMILES string of the molecule is CC(Nc1cnn(CCF)c1)c1cn2c(n1)CCCC2. The first-order valence-corrected chi connectivity index (χ1v) is 7.17. The van der Waals surface area contributed by atoms with Crippen LogP contribution in [0.25, 0.3) is 0 Å². The molecule has 0 amide bonds. The molecule has 20 heavy (non-hydrogen) atoms. The molecule has 0 radical (unpaired) electrons. The first kappa shape index (κ1) is 13.1. The minimum atomic E-state index is -0.398. The number of fused-ring (bicyclic) bond motifs is 1. The van der Waals surface area contributed by atoms with Crippen LogP contribution in [0, 0.1) is 0 Å². The summed E-state index contributed by atoms with van der Waals surface area (Å²) in [4.78, 5) is 4.70. The molecule has 0 saturated heterocycles. The third-order valence-corrected chi connectivity index (χ3v) is 3.70. The Morgan fingerprint density at radius 1 is 1.40 bits per heavy atom. The van der Waals surface area contributed by atoms with Gasteiger partial charge in [-0.05, 0) is 19.8 Å². The lowest BCUT2D eigenvalue weighted by Gasteiger charge is -2.12. The van der Waals surface area contributed by atoms with Gasteiger partial charge in [-0.2, -0.15) is 5.10 Å². The molecule has 0 saturated carbocycles. The predicted molar refractivity (Wildman–Crippen MR) is 75.4 cm³/mol. The number of alkyl halides is 1. The van der Waals surface area contributed by atoms with E-state index in [1.165, 1.54) is 18.7 Å². The average molecular weight is 277 g/mol. The Labute approximate surface area is 117 Å². The Morgan fingerprint density at radius 3 is 3.10 bits per heavy atom. The zero-order chi connectivity index (χ0) is 13.9. The normalized spacial score (nSPS) is 15.9. The van der Waals surface area contributed by atoms with Gasteiger partial charge in [0.05, 0.1) is 30.2 Å². The van der Waals surface area contributed by atoms with Gasteiger partial charge in [-0.1, -0.05) is 0 Å². The summed E-state index contributed by atoms with van der Waals surface area (Å²) < 4.78 is 16.1. The summed E-state index contributed by atoms with van der Waals surface area (Å²) in [7, 11) is 0. The van der Waals surface area contributed by atoms with Gasteiger partial charge in [-0.25, -0.2) is 9.37 Å². The Hall–Kier alpha value is -1.85. The number of nitrogens with zero attached hydrogens (tertiary/aromatic N) is 4. The molecule has 2 aromatic heterocycles. The molecule has 5 nitrogen and oxygen atoms in total. The second kappa shape index (κ2) is 5.64. The monoisotopic (exact) mass is 277 g/mol. The molecular formula is C14H20FN5. The molecule has 3 rings (SSSR count). The van der Waals surface area contributed by atoms with E-state index in [0.29, 0.717) is 6.54 Å². The molecule has 1 aliphatic heterocycles. The zero-order valence-corrected chi connectivity index (χ0v) is 11.7. The van der Waals surface area contributed by atoms with Gasteiger partial charge >= 0.3 is 0 Å². The lowest BCUT2D eigenvalue weighted by atomic mass is 10.2. The number of hydrogen-bond donors (Lipinski definition) is 1. The van der Waals surface area contributed by atoms with Crippen molar-refractivity contribution in [2.75, 3.05) is 12.0 Å². The molecule has 3 heterocycles. The van der Waals surface area contributed by atoms with Crippen LogP contribution in [0.15, 0.2) is 18.6 Å². The molecule has 1 N–H and O–H groups in total. The molecule has 0 bridgehead atoms. The highest BCUT2D eigenvalue weighted by atomic mass is 19.1. The molecular weight excluding hydrogens is 257 g/mol. The summed E-state index contributed by atoms with van der Waals surface area (Å²) in [6.07, 6.45) is 9.22. The number of imidazole rings is 1. The molecule has 1 atom stereocenters. The fourth-order valence-electron chi connectivity index (χ4n) is 2.61. The minimum absolute atomic E-state index is 0.121. The number of halogens is 1. The van der Waals surface area contributed by atoms with Crippen molar-refractivity contribution in [2.24, 2.45) is 0 Å². The highest BCUT2D eigenvalue weighted by molar-refractivity contribution is 5.40. The summed E-state index contributed by atoms with van der Waals surface area (Å²) in [6, 6.07) is 0.121. The second-order valence-electron chi connectivity index (χ2n) is 5.28. The third-order valence-electron chi connectivity index (χ3n) is 3.70. The lowest BCUT2D eigenvalue weighted by molar-refractivity contribution is 0.427. The van der Waals surface area contributed by atoms with Crippen molar-refractivity contribution in [1.29, 1.82) is 0 Å². The van der Waals surface area contributed by atoms with Gasteiger partial charge in [-0.15, -0.1) is 0 Å². The van der Waals surface area contributed by atoms with Crippen LogP contribution >= 0.6 is 0 Å². The Kier molecular flexibility index (Phi) is 3.71. The van der Waals surface area contributed by atoms with Gasteiger partial charge in [0.25, 0.3) is 0 Å². The van der Waals surface area contributed by atoms with E-state index >= 15 is 0 Å². The van der Waals surface area contributed by atoms with E-state index in [4.69, 9.17) is 4.98 Å². The van der Waals surface area contributed by atoms with Crippen LogP contribution in [-0.2, 0) is 19.5 Å². The van der Waals surface area contributed by atoms with Crippen molar-refractivity contribution in [3.05, 3.63) is 30.1 Å². The van der Waals surface area contributed by atoms with Crippen LogP contribution in [0.5, 0.6) is 0 Å². The Balaban J connectivity index is 1.68. The van der Waals surface area contributed by atoms with Gasteiger partial charge in [0, 0.05) is 25.4 Å². The standard InChI is InChI=1S/C14H20FN5/c1-11(17-12-8-16-20(9-12)7-5-15)13-10-19-6-3-2-4-14(19)18-13/h8-11,17H,2-7H2,1H3. The van der Waals surface area contributed by atoms with Crippen molar-refractivity contribution in [1.82, 2.24) is 19.3 Å². The van der Waals surface area contributed by atoms with Crippen molar-refractivity contribution in [2.45, 2.75) is 45.3 Å². The maximum absolute atomic E-state index is 12.3. The van der Waals surface area contributed by atoms with Crippen LogP contribution < -0.4 is 5.32 Å². The molecule has 0 spiro atoms. The summed E-state index contributed by atoms with van der Waals surface area (Å²) in [6.45, 7) is 3.06. The summed E-state index contributed by atoms with van der Waals surface area (Å²) in [5.74, 6) is 1.19. The van der Waals surface area contributed by atoms with Crippen molar-refractivity contribution < 1.29 is 4.39 Å². The second-order valence-corrected chi connectivity index (χ2v) is 5.28. The van der Waals surface area contributed by atoms with E-state index in [1.807, 2.05) is 6.20 Å². The number of anilines is 1. The fraction of sp³-hybridized carbons (Fsp3) is 0.571. The first-order valence-electron chi connectivity index (χ1n) is 7.17. The number of aromatic nitrogens is 4. The van der Waals surface area contributed by atoms with E-state index in [1.54, 1.807) is 10.9 Å². The highest BCUT2D eigenvalue weighted by Gasteiger charge is 2.16. The van der Waals surface area contributed by atoms with Crippen molar-refractivity contribution in [3.8, 4) is 0 Å². The van der Waals surface area contributed by atoms with Crippen molar-refractivity contribution >= 4 is 5.69 Å². The van der Waals surface area contributed by atoms with Gasteiger partial charge in [0.15, 0.2) is 0 Å². The summed E-state index contributed by atoms with van der Waals surface area (Å²) in [5, 5.41) is 7.47. The number of rotatable bonds is 5. The summed E-state index contributed by atoms with van der Waals surface area (Å²) >= 11 is 0. The number of hydrogen-bond acceptors (Lipinski definition) is 3. The van der Waals surface area contributed by atoms with Crippen LogP contribution in [0.3, 0.4) is 0 Å². The first-order chi connectivity index (χ1) is 9.76. The van der Waals surface area contributed by atoms with Gasteiger partial charge in [-0.3, -0.25) is 4.68 Å². The maximum Gasteiger partial charge on any atom is 0.109 e. The quantitative estimate of drug-likeness (QED) is 0.913. The molecule has 1 unspecified atom stereocenters. The van der Waals surface area contributed by atoms with Crippen LogP contribution in [0.1, 0.15) is 37.3 Å². The van der Waals surface area contributed by atoms with E-state index in [-0.39, 0.29) is 6.04 Å². The fourth-order valence-corrected chi connectivity index (χ4v) is 2.61. The predicted octanol–water partition coefficient (Wildman–Crippen LogP) is 2.56. The van der Waals surface area contributed by atoms with Gasteiger partial charge in [0.1, 0.15) is 12.5 Å². The number of aryl methyl sites for hydroxylation is 3. The van der Waals surface area contributed by atoms with Gasteiger partial charge < -0.3 is 9.88 Å².